The van der Waals surface area contributed by atoms with E-state index >= 15 is 0 Å². The zero-order chi connectivity index (χ0) is 17.0. The van der Waals surface area contributed by atoms with Crippen LogP contribution >= 0.6 is 0 Å². The van der Waals surface area contributed by atoms with Crippen molar-refractivity contribution < 1.29 is 19.2 Å². The van der Waals surface area contributed by atoms with Crippen molar-refractivity contribution in [1.82, 2.24) is 4.57 Å². The Kier molecular flexibility index (Phi) is 4.75. The molecule has 0 bridgehead atoms. The third kappa shape index (κ3) is 3.73. The van der Waals surface area contributed by atoms with E-state index in [2.05, 4.69) is 5.32 Å². The number of hydrogen-bond donors (Lipinski definition) is 1. The molecule has 8 heteroatoms. The first-order valence-corrected chi connectivity index (χ1v) is 6.76. The molecule has 8 nitrogen and oxygen atoms in total. The summed E-state index contributed by atoms with van der Waals surface area (Å²) in [6, 6.07) is 8.97. The van der Waals surface area contributed by atoms with Crippen LogP contribution in [0, 0.1) is 10.1 Å². The second-order valence-corrected chi connectivity index (χ2v) is 4.82. The van der Waals surface area contributed by atoms with Crippen LogP contribution in [0.3, 0.4) is 0 Å². The molecule has 1 aromatic heterocycles. The number of nitrogens with zero attached hydrogens (tertiary/aromatic N) is 2. The molecule has 23 heavy (non-hydrogen) atoms. The van der Waals surface area contributed by atoms with E-state index in [1.807, 2.05) is 0 Å². The maximum atomic E-state index is 12.1. The number of ether oxygens (including phenoxy) is 1. The van der Waals surface area contributed by atoms with Crippen molar-refractivity contribution in [3.63, 3.8) is 0 Å². The highest BCUT2D eigenvalue weighted by molar-refractivity contribution is 5.98. The molecule has 1 N–H and O–H groups in total. The van der Waals surface area contributed by atoms with Crippen LogP contribution in [0.15, 0.2) is 42.6 Å². The predicted octanol–water partition coefficient (Wildman–Crippen LogP) is 2.12. The Balaban J connectivity index is 2.05. The summed E-state index contributed by atoms with van der Waals surface area (Å²) in [5.41, 5.74) is 0.112. The first kappa shape index (κ1) is 16.2. The van der Waals surface area contributed by atoms with Crippen molar-refractivity contribution in [1.29, 1.82) is 0 Å². The fourth-order valence-corrected chi connectivity index (χ4v) is 1.92. The number of nitro groups is 1. The maximum Gasteiger partial charge on any atom is 0.355 e. The molecule has 1 amide bonds. The highest BCUT2D eigenvalue weighted by Gasteiger charge is 2.22. The van der Waals surface area contributed by atoms with Gasteiger partial charge in [0.05, 0.1) is 4.92 Å². The molecular formula is C15H15N3O5. The molecule has 0 fully saturated rings. The lowest BCUT2D eigenvalue weighted by molar-refractivity contribution is -0.383. The van der Waals surface area contributed by atoms with Crippen molar-refractivity contribution in [3.05, 3.63) is 58.4 Å². The Morgan fingerprint density at radius 2 is 1.96 bits per heavy atom. The zero-order valence-electron chi connectivity index (χ0n) is 12.6. The van der Waals surface area contributed by atoms with Gasteiger partial charge in [-0.15, -0.1) is 0 Å². The van der Waals surface area contributed by atoms with Gasteiger partial charge in [-0.05, 0) is 25.1 Å². The molecule has 2 rings (SSSR count). The van der Waals surface area contributed by atoms with E-state index in [9.17, 15) is 19.7 Å². The Labute approximate surface area is 131 Å². The third-order valence-electron chi connectivity index (χ3n) is 3.16. The number of nitrogens with one attached hydrogen (secondary N) is 1. The molecule has 2 aromatic rings. The minimum atomic E-state index is -1.10. The van der Waals surface area contributed by atoms with Gasteiger partial charge in [0.2, 0.25) is 0 Å². The molecule has 0 aliphatic rings. The van der Waals surface area contributed by atoms with E-state index in [1.54, 1.807) is 36.0 Å². The summed E-state index contributed by atoms with van der Waals surface area (Å²) in [5, 5.41) is 13.3. The smallest absolute Gasteiger partial charge is 0.355 e. The van der Waals surface area contributed by atoms with Gasteiger partial charge in [0.15, 0.2) is 6.10 Å². The lowest BCUT2D eigenvalue weighted by Crippen LogP contribution is -2.30. The molecule has 120 valence electrons. The SMILES string of the molecule is C[C@@H](OC(=O)c1cccn1C)C(=O)Nc1ccccc1[N+](=O)[O-]. The second kappa shape index (κ2) is 6.73. The van der Waals surface area contributed by atoms with Crippen LogP contribution in [0.4, 0.5) is 11.4 Å². The number of esters is 1. The Hall–Kier alpha value is -3.16. The number of anilines is 1. The molecule has 0 radical (unpaired) electrons. The van der Waals surface area contributed by atoms with Gasteiger partial charge in [0.1, 0.15) is 11.4 Å². The van der Waals surface area contributed by atoms with Crippen molar-refractivity contribution >= 4 is 23.3 Å². The van der Waals surface area contributed by atoms with Crippen molar-refractivity contribution in [2.24, 2.45) is 7.05 Å². The summed E-state index contributed by atoms with van der Waals surface area (Å²) < 4.78 is 6.63. The third-order valence-corrected chi connectivity index (χ3v) is 3.16. The van der Waals surface area contributed by atoms with Gasteiger partial charge < -0.3 is 14.6 Å². The minimum absolute atomic E-state index is 0.0456. The Morgan fingerprint density at radius 3 is 2.57 bits per heavy atom. The Bertz CT molecular complexity index is 753. The molecule has 0 saturated heterocycles. The molecular weight excluding hydrogens is 302 g/mol. The normalized spacial score (nSPS) is 11.6. The first-order chi connectivity index (χ1) is 10.9. The first-order valence-electron chi connectivity index (χ1n) is 6.76. The van der Waals surface area contributed by atoms with E-state index in [-0.39, 0.29) is 11.4 Å². The van der Waals surface area contributed by atoms with Crippen LogP contribution in [0.5, 0.6) is 0 Å². The molecule has 1 aromatic carbocycles. The van der Waals surface area contributed by atoms with E-state index in [4.69, 9.17) is 4.74 Å². The van der Waals surface area contributed by atoms with Crippen LogP contribution in [0.25, 0.3) is 0 Å². The minimum Gasteiger partial charge on any atom is -0.448 e. The summed E-state index contributed by atoms with van der Waals surface area (Å²) in [6.45, 7) is 1.39. The van der Waals surface area contributed by atoms with E-state index in [0.717, 1.165) is 0 Å². The molecule has 0 unspecified atom stereocenters. The second-order valence-electron chi connectivity index (χ2n) is 4.82. The van der Waals surface area contributed by atoms with Gasteiger partial charge >= 0.3 is 5.97 Å². The zero-order valence-corrected chi connectivity index (χ0v) is 12.6. The Morgan fingerprint density at radius 1 is 1.26 bits per heavy atom. The van der Waals surface area contributed by atoms with Gasteiger partial charge in [-0.25, -0.2) is 4.79 Å². The number of nitro benzene ring substituents is 1. The van der Waals surface area contributed by atoms with Gasteiger partial charge in [-0.2, -0.15) is 0 Å². The summed E-state index contributed by atoms with van der Waals surface area (Å²) in [5.74, 6) is -1.30. The number of carbonyl (C=O) groups is 2. The number of rotatable bonds is 5. The number of hydrogen-bond acceptors (Lipinski definition) is 5. The van der Waals surface area contributed by atoms with Gasteiger partial charge in [0.25, 0.3) is 11.6 Å². The van der Waals surface area contributed by atoms with E-state index in [0.29, 0.717) is 5.69 Å². The average molecular weight is 317 g/mol. The fourth-order valence-electron chi connectivity index (χ4n) is 1.92. The average Bonchev–Trinajstić information content (AvgIpc) is 2.93. The van der Waals surface area contributed by atoms with Crippen molar-refractivity contribution in [3.8, 4) is 0 Å². The van der Waals surface area contributed by atoms with Crippen LogP contribution in [-0.2, 0) is 16.6 Å². The number of aryl methyl sites for hydroxylation is 1. The summed E-state index contributed by atoms with van der Waals surface area (Å²) in [6.07, 6.45) is 0.575. The van der Waals surface area contributed by atoms with Gasteiger partial charge in [-0.1, -0.05) is 12.1 Å². The lowest BCUT2D eigenvalue weighted by atomic mass is 10.2. The van der Waals surface area contributed by atoms with Crippen LogP contribution in [0.2, 0.25) is 0 Å². The highest BCUT2D eigenvalue weighted by atomic mass is 16.6. The van der Waals surface area contributed by atoms with Crippen molar-refractivity contribution in [2.45, 2.75) is 13.0 Å². The van der Waals surface area contributed by atoms with Gasteiger partial charge in [0, 0.05) is 19.3 Å². The number of aromatic nitrogens is 1. The fraction of sp³-hybridized carbons (Fsp3) is 0.200. The topological polar surface area (TPSA) is 103 Å². The number of amides is 1. The quantitative estimate of drug-likeness (QED) is 0.517. The van der Waals surface area contributed by atoms with E-state index in [1.165, 1.54) is 25.1 Å². The summed E-state index contributed by atoms with van der Waals surface area (Å²) in [7, 11) is 1.68. The molecule has 0 spiro atoms. The molecule has 1 heterocycles. The maximum absolute atomic E-state index is 12.1. The van der Waals surface area contributed by atoms with Crippen molar-refractivity contribution in [2.75, 3.05) is 5.32 Å². The number of para-hydroxylation sites is 2. The highest BCUT2D eigenvalue weighted by Crippen LogP contribution is 2.23. The molecule has 0 aliphatic heterocycles. The van der Waals surface area contributed by atoms with Crippen LogP contribution in [-0.4, -0.2) is 27.5 Å². The van der Waals surface area contributed by atoms with Crippen LogP contribution in [0.1, 0.15) is 17.4 Å². The van der Waals surface area contributed by atoms with E-state index < -0.39 is 22.9 Å². The monoisotopic (exact) mass is 317 g/mol. The molecule has 1 atom stereocenters. The number of carbonyl (C=O) groups excluding carboxylic acids is 2. The standard InChI is InChI=1S/C15H15N3O5/c1-10(23-15(20)13-8-5-9-17(13)2)14(19)16-11-6-3-4-7-12(11)18(21)22/h3-10H,1-2H3,(H,16,19)/t10-/m1/s1. The number of benzene rings is 1. The van der Waals surface area contributed by atoms with Crippen LogP contribution < -0.4 is 5.32 Å². The van der Waals surface area contributed by atoms with Gasteiger partial charge in [-0.3, -0.25) is 14.9 Å². The lowest BCUT2D eigenvalue weighted by Gasteiger charge is -2.13. The largest absolute Gasteiger partial charge is 0.448 e. The molecule has 0 aliphatic carbocycles. The molecule has 0 saturated carbocycles. The predicted molar refractivity (Wildman–Crippen MR) is 82.0 cm³/mol. The summed E-state index contributed by atoms with van der Waals surface area (Å²) in [4.78, 5) is 34.3. The summed E-state index contributed by atoms with van der Waals surface area (Å²) >= 11 is 0.